The van der Waals surface area contributed by atoms with Gasteiger partial charge in [-0.3, -0.25) is 19.2 Å². The third kappa shape index (κ3) is 14.7. The summed E-state index contributed by atoms with van der Waals surface area (Å²) in [5.74, 6) is -4.54. The molecule has 16 nitrogen and oxygen atoms in total. The van der Waals surface area contributed by atoms with E-state index >= 15 is 8.63 Å². The van der Waals surface area contributed by atoms with E-state index in [0.29, 0.717) is 67.3 Å². The second kappa shape index (κ2) is 22.4. The van der Waals surface area contributed by atoms with E-state index in [0.717, 1.165) is 74.6 Å². The van der Waals surface area contributed by atoms with Crippen LogP contribution in [0.5, 0.6) is 0 Å². The number of nitrogens with zero attached hydrogens (tertiary/aromatic N) is 4. The van der Waals surface area contributed by atoms with Crippen LogP contribution in [0.25, 0.3) is 6.08 Å². The Kier molecular flexibility index (Phi) is 18.2. The van der Waals surface area contributed by atoms with Gasteiger partial charge < -0.3 is 47.0 Å². The summed E-state index contributed by atoms with van der Waals surface area (Å²) in [6, 6.07) is 0.156. The summed E-state index contributed by atoms with van der Waals surface area (Å²) in [6.45, 7) is 1.55. The molecule has 346 valence electrons. The van der Waals surface area contributed by atoms with Crippen LogP contribution in [-0.4, -0.2) is 140 Å². The van der Waals surface area contributed by atoms with Crippen molar-refractivity contribution < 1.29 is 64.3 Å². The number of carbonyl (C=O) groups is 5. The minimum Gasteiger partial charge on any atom is -0.748 e. The van der Waals surface area contributed by atoms with Crippen molar-refractivity contribution in [3.63, 3.8) is 0 Å². The van der Waals surface area contributed by atoms with E-state index in [-0.39, 0.29) is 44.4 Å². The summed E-state index contributed by atoms with van der Waals surface area (Å²) >= 11 is 0. The summed E-state index contributed by atoms with van der Waals surface area (Å²) in [7, 11) is 3.22. The second-order valence-electron chi connectivity index (χ2n) is 17.9. The number of allylic oxidation sites excluding steroid dienone is 2. The number of hydrogen-bond acceptors (Lipinski definition) is 9. The fraction of sp³-hybridized carbons (Fsp3) is 0.667. The van der Waals surface area contributed by atoms with E-state index < -0.39 is 58.5 Å². The lowest BCUT2D eigenvalue weighted by Gasteiger charge is -2.31. The quantitative estimate of drug-likeness (QED) is 0.0392. The topological polar surface area (TPSA) is 191 Å². The van der Waals surface area contributed by atoms with E-state index in [4.69, 9.17) is 4.84 Å². The highest BCUT2D eigenvalue weighted by Gasteiger charge is 2.54. The number of imide groups is 1. The lowest BCUT2D eigenvalue weighted by molar-refractivity contribution is -0.878. The van der Waals surface area contributed by atoms with E-state index in [9.17, 15) is 36.9 Å². The van der Waals surface area contributed by atoms with Gasteiger partial charge in [-0.1, -0.05) is 32.6 Å². The molecule has 2 unspecified atom stereocenters. The summed E-state index contributed by atoms with van der Waals surface area (Å²) in [4.78, 5) is 67.5. The van der Waals surface area contributed by atoms with Gasteiger partial charge in [0.05, 0.1) is 70.2 Å². The van der Waals surface area contributed by atoms with Crippen molar-refractivity contribution in [2.24, 2.45) is 0 Å². The summed E-state index contributed by atoms with van der Waals surface area (Å²) in [5, 5.41) is 5.47. The molecule has 1 aromatic heterocycles. The number of amides is 4. The molecule has 0 bridgehead atoms. The van der Waals surface area contributed by atoms with Crippen LogP contribution < -0.4 is 15.5 Å². The first-order chi connectivity index (χ1) is 29.1. The van der Waals surface area contributed by atoms with Gasteiger partial charge in [0, 0.05) is 61.9 Å². The number of hydrogen-bond donors (Lipinski definition) is 3. The van der Waals surface area contributed by atoms with Gasteiger partial charge in [-0.25, -0.2) is 13.2 Å². The zero-order chi connectivity index (χ0) is 45.8. The SMILES string of the molecule is CCCCCCCC1=CC(CCC(=O)NC(CS(=O)(=O)[O-])C(=O)NCC[NH+](C)CCCCCC(=O)ON2C(=O)CCC2=O)=[N+]2C1=Cc1c(CCC[N+](C)(C)C)cc(C)n1[B-]2(F)F. The van der Waals surface area contributed by atoms with Crippen molar-refractivity contribution in [2.75, 3.05) is 60.1 Å². The Labute approximate surface area is 365 Å². The smallest absolute Gasteiger partial charge is 0.737 e. The van der Waals surface area contributed by atoms with Crippen LogP contribution in [0.4, 0.5) is 8.63 Å². The van der Waals surface area contributed by atoms with Crippen molar-refractivity contribution in [3.8, 4) is 0 Å². The summed E-state index contributed by atoms with van der Waals surface area (Å²) < 4.78 is 72.0. The minimum absolute atomic E-state index is 0.0195. The third-order valence-electron chi connectivity index (χ3n) is 11.5. The molecule has 20 heteroatoms. The summed E-state index contributed by atoms with van der Waals surface area (Å²) in [5.41, 5.74) is 3.28. The molecular formula is C42H67BF2N7O9S+. The fourth-order valence-corrected chi connectivity index (χ4v) is 8.86. The van der Waals surface area contributed by atoms with Crippen LogP contribution in [0.15, 0.2) is 23.4 Å². The largest absolute Gasteiger partial charge is 0.748 e. The van der Waals surface area contributed by atoms with Crippen molar-refractivity contribution in [1.29, 1.82) is 0 Å². The molecule has 1 saturated heterocycles. The summed E-state index contributed by atoms with van der Waals surface area (Å²) in [6.07, 6.45) is 12.2. The first-order valence-corrected chi connectivity index (χ1v) is 23.7. The molecular weight excluding hydrogens is 827 g/mol. The van der Waals surface area contributed by atoms with Gasteiger partial charge in [0.1, 0.15) is 11.8 Å². The number of quaternary nitrogens is 2. The molecule has 1 fully saturated rings. The molecule has 0 saturated carbocycles. The molecule has 0 spiro atoms. The number of fused-ring (bicyclic) bond motifs is 2. The van der Waals surface area contributed by atoms with Crippen molar-refractivity contribution in [2.45, 2.75) is 123 Å². The highest BCUT2D eigenvalue weighted by molar-refractivity contribution is 7.85. The Morgan fingerprint density at radius 2 is 1.63 bits per heavy atom. The zero-order valence-corrected chi connectivity index (χ0v) is 38.2. The van der Waals surface area contributed by atoms with E-state index in [2.05, 4.69) is 38.7 Å². The van der Waals surface area contributed by atoms with Crippen molar-refractivity contribution in [3.05, 3.63) is 40.4 Å². The average molecular weight is 895 g/mol. The predicted molar refractivity (Wildman–Crippen MR) is 229 cm³/mol. The maximum Gasteiger partial charge on any atom is 0.737 e. The molecule has 0 aliphatic carbocycles. The Bertz CT molecular complexity index is 2010. The number of carbonyl (C=O) groups excluding carboxylic acids is 5. The molecule has 4 rings (SSSR count). The maximum absolute atomic E-state index is 16.8. The minimum atomic E-state index is -4.95. The Morgan fingerprint density at radius 1 is 0.952 bits per heavy atom. The molecule has 3 aliphatic rings. The number of hydroxylamine groups is 2. The van der Waals surface area contributed by atoms with Gasteiger partial charge in [0.2, 0.25) is 11.8 Å². The normalized spacial score (nSPS) is 17.1. The molecule has 2 atom stereocenters. The highest BCUT2D eigenvalue weighted by atomic mass is 32.2. The molecule has 0 radical (unpaired) electrons. The Hall–Kier alpha value is -4.27. The number of nitrogens with one attached hydrogen (secondary N) is 3. The van der Waals surface area contributed by atoms with Gasteiger partial charge in [-0.05, 0) is 62.8 Å². The first kappa shape index (κ1) is 50.4. The maximum atomic E-state index is 16.8. The van der Waals surface area contributed by atoms with E-state index in [1.807, 2.05) is 19.2 Å². The van der Waals surface area contributed by atoms with E-state index in [1.54, 1.807) is 13.0 Å². The Balaban J connectivity index is 1.35. The number of halogens is 2. The van der Waals surface area contributed by atoms with Crippen molar-refractivity contribution in [1.82, 2.24) is 20.2 Å². The standard InChI is InChI=1S/C42H66BF2N7O9S/c1-7-8-9-10-12-16-33-28-34(50-37(33)29-36-32(17-15-26-52(4,5)6)27-31(2)49(36)43(50,44)45)19-20-38(53)47-35(30-62(58,59)60)42(57)46-23-25-48(3)24-14-11-13-18-41(56)61-51-39(54)21-22-40(51)55/h27-29,35H,7-26,30H2,1-6H3,(H2-,46,47,53,57,58,59,60)/p+1. The van der Waals surface area contributed by atoms with Crippen LogP contribution in [0.2, 0.25) is 0 Å². The number of rotatable bonds is 27. The molecule has 3 aliphatic heterocycles. The monoisotopic (exact) mass is 894 g/mol. The molecule has 62 heavy (non-hydrogen) atoms. The fourth-order valence-electron chi connectivity index (χ4n) is 8.22. The number of aromatic nitrogens is 1. The average Bonchev–Trinajstić information content (AvgIpc) is 3.81. The van der Waals surface area contributed by atoms with Crippen LogP contribution in [0, 0.1) is 6.92 Å². The van der Waals surface area contributed by atoms with Gasteiger partial charge in [0.25, 0.3) is 11.8 Å². The second-order valence-corrected chi connectivity index (χ2v) is 19.4. The lowest BCUT2D eigenvalue weighted by Crippen LogP contribution is -3.09. The highest BCUT2D eigenvalue weighted by Crippen LogP contribution is 2.39. The Morgan fingerprint density at radius 3 is 2.29 bits per heavy atom. The molecule has 4 heterocycles. The van der Waals surface area contributed by atoms with Gasteiger partial charge in [0.15, 0.2) is 5.70 Å². The van der Waals surface area contributed by atoms with Crippen LogP contribution in [-0.2, 0) is 45.3 Å². The number of aryl methyl sites for hydroxylation is 2. The predicted octanol–water partition coefficient (Wildman–Crippen LogP) is 2.38. The lowest BCUT2D eigenvalue weighted by atomic mass is 9.88. The van der Waals surface area contributed by atoms with Crippen molar-refractivity contribution >= 4 is 58.5 Å². The van der Waals surface area contributed by atoms with Crippen LogP contribution in [0.1, 0.15) is 120 Å². The van der Waals surface area contributed by atoms with Crippen LogP contribution >= 0.6 is 0 Å². The molecule has 4 amide bonds. The molecule has 0 aromatic carbocycles. The van der Waals surface area contributed by atoms with Gasteiger partial charge in [-0.2, -0.15) is 0 Å². The number of unbranched alkanes of at least 4 members (excludes halogenated alkanes) is 6. The number of likely N-dealkylation sites (N-methyl/N-ethyl adjacent to an activating group) is 1. The van der Waals surface area contributed by atoms with E-state index in [1.165, 1.54) is 0 Å². The molecule has 1 aromatic rings. The third-order valence-corrected chi connectivity index (χ3v) is 12.2. The first-order valence-electron chi connectivity index (χ1n) is 22.1. The molecule has 3 N–H and O–H groups in total. The zero-order valence-electron chi connectivity index (χ0n) is 37.4. The van der Waals surface area contributed by atoms with Gasteiger partial charge in [-0.15, -0.1) is 5.06 Å². The van der Waals surface area contributed by atoms with Crippen LogP contribution in [0.3, 0.4) is 0 Å². The van der Waals surface area contributed by atoms with Gasteiger partial charge >= 0.3 is 12.9 Å².